The minimum Gasteiger partial charge on any atom is -0.350 e. The smallest absolute Gasteiger partial charge is 0.270 e. The van der Waals surface area contributed by atoms with Gasteiger partial charge in [0.15, 0.2) is 0 Å². The number of nitrogens with zero attached hydrogens (tertiary/aromatic N) is 2. The molecule has 0 bridgehead atoms. The molecule has 1 aromatic heterocycles. The lowest BCUT2D eigenvalue weighted by Crippen LogP contribution is -2.26. The number of benzene rings is 2. The largest absolute Gasteiger partial charge is 0.350 e. The topological polar surface area (TPSA) is 66.9 Å². The standard InChI is InChI=1S/C19H15ClF2N4O/c20-13-4-1-3-12(11-13)7-9-23-18(27)16-8-10-24-19(25-16)26-17-14(21)5-2-6-15(17)22/h1-6,8,10-11H,7,9H2,(H,23,27)(H,24,25,26). The van der Waals surface area contributed by atoms with Crippen LogP contribution in [0.3, 0.4) is 0 Å². The molecule has 5 nitrogen and oxygen atoms in total. The third-order valence-corrected chi connectivity index (χ3v) is 3.91. The highest BCUT2D eigenvalue weighted by atomic mass is 35.5. The van der Waals surface area contributed by atoms with Crippen molar-refractivity contribution in [3.05, 3.63) is 82.6 Å². The third-order valence-electron chi connectivity index (χ3n) is 3.68. The van der Waals surface area contributed by atoms with E-state index in [2.05, 4.69) is 20.6 Å². The molecule has 0 radical (unpaired) electrons. The van der Waals surface area contributed by atoms with E-state index in [1.54, 1.807) is 6.07 Å². The predicted molar refractivity (Wildman–Crippen MR) is 99.2 cm³/mol. The van der Waals surface area contributed by atoms with Crippen LogP contribution in [-0.2, 0) is 6.42 Å². The number of carbonyl (C=O) groups excluding carboxylic acids is 1. The number of aromatic nitrogens is 2. The van der Waals surface area contributed by atoms with Crippen LogP contribution in [0.25, 0.3) is 0 Å². The first kappa shape index (κ1) is 18.7. The molecule has 2 N–H and O–H groups in total. The number of para-hydroxylation sites is 1. The summed E-state index contributed by atoms with van der Waals surface area (Å²) in [5.41, 5.74) is 0.689. The van der Waals surface area contributed by atoms with Crippen LogP contribution in [0.4, 0.5) is 20.4 Å². The summed E-state index contributed by atoms with van der Waals surface area (Å²) >= 11 is 5.92. The lowest BCUT2D eigenvalue weighted by molar-refractivity contribution is 0.0949. The normalized spacial score (nSPS) is 10.5. The van der Waals surface area contributed by atoms with Crippen molar-refractivity contribution in [2.75, 3.05) is 11.9 Å². The number of nitrogens with one attached hydrogen (secondary N) is 2. The van der Waals surface area contributed by atoms with Gasteiger partial charge in [-0.3, -0.25) is 4.79 Å². The fraction of sp³-hybridized carbons (Fsp3) is 0.105. The molecule has 3 rings (SSSR count). The molecule has 0 aliphatic rings. The molecule has 0 unspecified atom stereocenters. The summed E-state index contributed by atoms with van der Waals surface area (Å²) in [4.78, 5) is 20.1. The molecule has 0 saturated carbocycles. The van der Waals surface area contributed by atoms with Gasteiger partial charge >= 0.3 is 0 Å². The van der Waals surface area contributed by atoms with Crippen molar-refractivity contribution in [2.24, 2.45) is 0 Å². The third kappa shape index (κ3) is 4.98. The lowest BCUT2D eigenvalue weighted by atomic mass is 10.1. The van der Waals surface area contributed by atoms with Crippen LogP contribution in [0.15, 0.2) is 54.7 Å². The van der Waals surface area contributed by atoms with Crippen LogP contribution in [0.1, 0.15) is 16.1 Å². The highest BCUT2D eigenvalue weighted by Crippen LogP contribution is 2.21. The van der Waals surface area contributed by atoms with Gasteiger partial charge in [0.05, 0.1) is 0 Å². The lowest BCUT2D eigenvalue weighted by Gasteiger charge is -2.09. The molecule has 0 atom stereocenters. The van der Waals surface area contributed by atoms with Gasteiger partial charge in [0, 0.05) is 17.8 Å². The van der Waals surface area contributed by atoms with Crippen LogP contribution < -0.4 is 10.6 Å². The SMILES string of the molecule is O=C(NCCc1cccc(Cl)c1)c1ccnc(Nc2c(F)cccc2F)n1. The summed E-state index contributed by atoms with van der Waals surface area (Å²) in [5.74, 6) is -2.07. The van der Waals surface area contributed by atoms with Crippen molar-refractivity contribution >= 4 is 29.1 Å². The molecule has 138 valence electrons. The second-order valence-corrected chi connectivity index (χ2v) is 6.06. The molecule has 1 amide bonds. The molecule has 0 aliphatic carbocycles. The number of amides is 1. The van der Waals surface area contributed by atoms with Crippen LogP contribution >= 0.6 is 11.6 Å². The number of anilines is 2. The Morgan fingerprint density at radius 2 is 1.81 bits per heavy atom. The van der Waals surface area contributed by atoms with Crippen molar-refractivity contribution in [3.63, 3.8) is 0 Å². The van der Waals surface area contributed by atoms with Crippen molar-refractivity contribution in [3.8, 4) is 0 Å². The summed E-state index contributed by atoms with van der Waals surface area (Å²) in [5, 5.41) is 5.82. The fourth-order valence-electron chi connectivity index (χ4n) is 2.38. The van der Waals surface area contributed by atoms with Gasteiger partial charge in [0.25, 0.3) is 5.91 Å². The zero-order chi connectivity index (χ0) is 19.2. The minimum absolute atomic E-state index is 0.0790. The Balaban J connectivity index is 1.63. The molecular formula is C19H15ClF2N4O. The Kier molecular flexibility index (Phi) is 5.93. The Morgan fingerprint density at radius 3 is 2.56 bits per heavy atom. The number of carbonyl (C=O) groups is 1. The highest BCUT2D eigenvalue weighted by Gasteiger charge is 2.12. The van der Waals surface area contributed by atoms with E-state index in [0.29, 0.717) is 18.0 Å². The maximum absolute atomic E-state index is 13.7. The van der Waals surface area contributed by atoms with Gasteiger partial charge in [-0.15, -0.1) is 0 Å². The van der Waals surface area contributed by atoms with E-state index < -0.39 is 17.5 Å². The zero-order valence-corrected chi connectivity index (χ0v) is 14.8. The first-order chi connectivity index (χ1) is 13.0. The van der Waals surface area contributed by atoms with Crippen molar-refractivity contribution < 1.29 is 13.6 Å². The Hall–Kier alpha value is -3.06. The molecule has 2 aromatic carbocycles. The molecule has 0 saturated heterocycles. The summed E-state index contributed by atoms with van der Waals surface area (Å²) in [6.45, 7) is 0.383. The fourth-order valence-corrected chi connectivity index (χ4v) is 2.59. The second-order valence-electron chi connectivity index (χ2n) is 5.62. The van der Waals surface area contributed by atoms with Crippen LogP contribution in [0.2, 0.25) is 5.02 Å². The van der Waals surface area contributed by atoms with E-state index >= 15 is 0 Å². The monoisotopic (exact) mass is 388 g/mol. The van der Waals surface area contributed by atoms with E-state index in [0.717, 1.165) is 17.7 Å². The quantitative estimate of drug-likeness (QED) is 0.666. The first-order valence-corrected chi connectivity index (χ1v) is 8.47. The molecular weight excluding hydrogens is 374 g/mol. The van der Waals surface area contributed by atoms with Gasteiger partial charge in [-0.2, -0.15) is 0 Å². The summed E-state index contributed by atoms with van der Waals surface area (Å²) in [7, 11) is 0. The van der Waals surface area contributed by atoms with Gasteiger partial charge in [-0.25, -0.2) is 18.7 Å². The highest BCUT2D eigenvalue weighted by molar-refractivity contribution is 6.30. The number of hydrogen-bond acceptors (Lipinski definition) is 4. The van der Waals surface area contributed by atoms with Crippen molar-refractivity contribution in [1.82, 2.24) is 15.3 Å². The Bertz CT molecular complexity index is 948. The van der Waals surface area contributed by atoms with E-state index in [-0.39, 0.29) is 17.3 Å². The number of rotatable bonds is 6. The molecule has 1 heterocycles. The summed E-state index contributed by atoms with van der Waals surface area (Å²) in [6, 6.07) is 12.2. The molecule has 0 aliphatic heterocycles. The maximum Gasteiger partial charge on any atom is 0.270 e. The second kappa shape index (κ2) is 8.55. The van der Waals surface area contributed by atoms with Gasteiger partial charge in [-0.1, -0.05) is 29.8 Å². The number of halogens is 3. The van der Waals surface area contributed by atoms with E-state index in [4.69, 9.17) is 11.6 Å². The van der Waals surface area contributed by atoms with Gasteiger partial charge in [0.1, 0.15) is 23.0 Å². The van der Waals surface area contributed by atoms with E-state index in [9.17, 15) is 13.6 Å². The van der Waals surface area contributed by atoms with E-state index in [1.165, 1.54) is 18.3 Å². The Morgan fingerprint density at radius 1 is 1.07 bits per heavy atom. The van der Waals surface area contributed by atoms with Gasteiger partial charge in [0.2, 0.25) is 5.95 Å². The molecule has 0 spiro atoms. The van der Waals surface area contributed by atoms with Gasteiger partial charge in [-0.05, 0) is 42.3 Å². The zero-order valence-electron chi connectivity index (χ0n) is 14.0. The van der Waals surface area contributed by atoms with Crippen molar-refractivity contribution in [1.29, 1.82) is 0 Å². The van der Waals surface area contributed by atoms with Crippen LogP contribution in [0.5, 0.6) is 0 Å². The van der Waals surface area contributed by atoms with Gasteiger partial charge < -0.3 is 10.6 Å². The molecule has 0 fully saturated rings. The van der Waals surface area contributed by atoms with Crippen LogP contribution in [0, 0.1) is 11.6 Å². The minimum atomic E-state index is -0.782. The summed E-state index contributed by atoms with van der Waals surface area (Å²) in [6.07, 6.45) is 1.93. The number of hydrogen-bond donors (Lipinski definition) is 2. The van der Waals surface area contributed by atoms with E-state index in [1.807, 2.05) is 18.2 Å². The molecule has 27 heavy (non-hydrogen) atoms. The Labute approximate surface area is 159 Å². The first-order valence-electron chi connectivity index (χ1n) is 8.09. The van der Waals surface area contributed by atoms with Crippen molar-refractivity contribution in [2.45, 2.75) is 6.42 Å². The average Bonchev–Trinajstić information content (AvgIpc) is 2.65. The molecule has 8 heteroatoms. The maximum atomic E-state index is 13.7. The summed E-state index contributed by atoms with van der Waals surface area (Å²) < 4.78 is 27.4. The average molecular weight is 389 g/mol. The van der Waals surface area contributed by atoms with Crippen LogP contribution in [-0.4, -0.2) is 22.4 Å². The molecule has 3 aromatic rings. The predicted octanol–water partition coefficient (Wildman–Crippen LogP) is 4.12.